The molecule has 0 radical (unpaired) electrons. The topological polar surface area (TPSA) is 67.8 Å². The first kappa shape index (κ1) is 15.5. The lowest BCUT2D eigenvalue weighted by atomic mass is 10.3. The average molecular weight is 324 g/mol. The Balaban J connectivity index is 2.08. The maximum Gasteiger partial charge on any atom is 0.276 e. The smallest absolute Gasteiger partial charge is 0.276 e. The van der Waals surface area contributed by atoms with Gasteiger partial charge in [0.1, 0.15) is 5.75 Å². The monoisotopic (exact) mass is 324 g/mol. The summed E-state index contributed by atoms with van der Waals surface area (Å²) in [5.41, 5.74) is 1.06. The Bertz CT molecular complexity index is 719. The van der Waals surface area contributed by atoms with Crippen molar-refractivity contribution in [3.63, 3.8) is 0 Å². The fourth-order valence-electron chi connectivity index (χ4n) is 1.61. The zero-order chi connectivity index (χ0) is 15.3. The van der Waals surface area contributed by atoms with Crippen LogP contribution in [0.15, 0.2) is 45.7 Å². The van der Waals surface area contributed by atoms with Crippen LogP contribution >= 0.6 is 11.3 Å². The molecule has 0 saturated carbocycles. The Labute approximate surface area is 128 Å². The lowest BCUT2D eigenvalue weighted by Gasteiger charge is -2.05. The molecule has 21 heavy (non-hydrogen) atoms. The van der Waals surface area contributed by atoms with E-state index in [2.05, 4.69) is 9.93 Å². The van der Waals surface area contributed by atoms with Gasteiger partial charge in [-0.05, 0) is 55.1 Å². The van der Waals surface area contributed by atoms with Crippen LogP contribution in [0.3, 0.4) is 0 Å². The van der Waals surface area contributed by atoms with E-state index >= 15 is 0 Å². The summed E-state index contributed by atoms with van der Waals surface area (Å²) in [4.78, 5) is 3.26. The van der Waals surface area contributed by atoms with Crippen LogP contribution in [0.5, 0.6) is 5.75 Å². The van der Waals surface area contributed by atoms with Gasteiger partial charge in [-0.1, -0.05) is 0 Å². The molecule has 7 heteroatoms. The molecule has 0 aliphatic carbocycles. The third-order valence-electron chi connectivity index (χ3n) is 2.70. The predicted molar refractivity (Wildman–Crippen MR) is 84.6 cm³/mol. The highest BCUT2D eigenvalue weighted by molar-refractivity contribution is 7.89. The molecule has 0 spiro atoms. The quantitative estimate of drug-likeness (QED) is 0.656. The normalized spacial score (nSPS) is 11.7. The molecule has 1 aromatic heterocycles. The molecule has 1 heterocycles. The molecule has 0 saturated heterocycles. The van der Waals surface area contributed by atoms with Gasteiger partial charge < -0.3 is 4.74 Å². The Morgan fingerprint density at radius 2 is 2.00 bits per heavy atom. The molecule has 0 aliphatic heterocycles. The Morgan fingerprint density at radius 3 is 2.57 bits per heavy atom. The van der Waals surface area contributed by atoms with Crippen molar-refractivity contribution in [2.24, 2.45) is 5.10 Å². The summed E-state index contributed by atoms with van der Waals surface area (Å²) >= 11 is 1.50. The van der Waals surface area contributed by atoms with Gasteiger partial charge in [-0.15, -0.1) is 11.3 Å². The number of rotatable bonds is 6. The van der Waals surface area contributed by atoms with Crippen molar-refractivity contribution in [2.45, 2.75) is 18.7 Å². The summed E-state index contributed by atoms with van der Waals surface area (Å²) < 4.78 is 29.4. The van der Waals surface area contributed by atoms with Crippen molar-refractivity contribution in [3.05, 3.63) is 46.2 Å². The van der Waals surface area contributed by atoms with Gasteiger partial charge in [0.2, 0.25) is 0 Å². The second-order valence-corrected chi connectivity index (χ2v) is 6.83. The third kappa shape index (κ3) is 4.05. The lowest BCUT2D eigenvalue weighted by molar-refractivity contribution is 0.340. The van der Waals surface area contributed by atoms with E-state index in [1.54, 1.807) is 12.1 Å². The van der Waals surface area contributed by atoms with E-state index in [-0.39, 0.29) is 4.90 Å². The summed E-state index contributed by atoms with van der Waals surface area (Å²) in [6.07, 6.45) is 1.51. The van der Waals surface area contributed by atoms with E-state index < -0.39 is 10.0 Å². The summed E-state index contributed by atoms with van der Waals surface area (Å²) in [6.45, 7) is 4.35. The summed E-state index contributed by atoms with van der Waals surface area (Å²) in [5, 5.41) is 5.73. The van der Waals surface area contributed by atoms with Gasteiger partial charge in [-0.25, -0.2) is 4.83 Å². The van der Waals surface area contributed by atoms with Gasteiger partial charge in [0, 0.05) is 0 Å². The zero-order valence-electron chi connectivity index (χ0n) is 11.7. The first-order valence-corrected chi connectivity index (χ1v) is 8.71. The Hall–Kier alpha value is -1.86. The lowest BCUT2D eigenvalue weighted by Crippen LogP contribution is -2.18. The van der Waals surface area contributed by atoms with E-state index in [9.17, 15) is 8.42 Å². The highest BCUT2D eigenvalue weighted by atomic mass is 32.2. The highest BCUT2D eigenvalue weighted by Gasteiger charge is 2.12. The molecule has 0 fully saturated rings. The van der Waals surface area contributed by atoms with Crippen molar-refractivity contribution < 1.29 is 13.2 Å². The van der Waals surface area contributed by atoms with Crippen LogP contribution in [0.4, 0.5) is 0 Å². The van der Waals surface area contributed by atoms with Gasteiger partial charge >= 0.3 is 0 Å². The maximum absolute atomic E-state index is 12.1. The van der Waals surface area contributed by atoms with Crippen LogP contribution in [0.2, 0.25) is 0 Å². The van der Waals surface area contributed by atoms with Crippen LogP contribution in [0.1, 0.15) is 17.4 Å². The number of benzene rings is 1. The van der Waals surface area contributed by atoms with E-state index in [0.717, 1.165) is 10.4 Å². The molecule has 0 bridgehead atoms. The number of thiophene rings is 1. The van der Waals surface area contributed by atoms with Crippen LogP contribution in [-0.4, -0.2) is 21.2 Å². The molecular formula is C14H16N2O3S2. The number of hydrazone groups is 1. The Morgan fingerprint density at radius 1 is 1.29 bits per heavy atom. The summed E-state index contributed by atoms with van der Waals surface area (Å²) in [7, 11) is -3.66. The number of aryl methyl sites for hydroxylation is 1. The van der Waals surface area contributed by atoms with E-state index in [1.807, 2.05) is 25.3 Å². The van der Waals surface area contributed by atoms with Crippen molar-refractivity contribution in [1.29, 1.82) is 0 Å². The van der Waals surface area contributed by atoms with E-state index in [4.69, 9.17) is 4.74 Å². The second-order valence-electron chi connectivity index (χ2n) is 4.23. The fourth-order valence-corrected chi connectivity index (χ4v) is 3.18. The molecular weight excluding hydrogens is 308 g/mol. The van der Waals surface area contributed by atoms with Crippen molar-refractivity contribution in [2.75, 3.05) is 6.61 Å². The molecule has 0 amide bonds. The first-order chi connectivity index (χ1) is 10.0. The van der Waals surface area contributed by atoms with Gasteiger partial charge in [0.05, 0.1) is 22.6 Å². The number of nitrogens with zero attached hydrogens (tertiary/aromatic N) is 1. The molecule has 0 aliphatic rings. The molecule has 0 unspecified atom stereocenters. The number of ether oxygens (including phenoxy) is 1. The highest BCUT2D eigenvalue weighted by Crippen LogP contribution is 2.16. The number of nitrogens with one attached hydrogen (secondary N) is 1. The van der Waals surface area contributed by atoms with Crippen LogP contribution in [0.25, 0.3) is 0 Å². The van der Waals surface area contributed by atoms with E-state index in [0.29, 0.717) is 12.4 Å². The number of hydrogen-bond acceptors (Lipinski definition) is 5. The minimum Gasteiger partial charge on any atom is -0.494 e. The summed E-state index contributed by atoms with van der Waals surface area (Å²) in [5.74, 6) is 0.633. The van der Waals surface area contributed by atoms with E-state index in [1.165, 1.54) is 29.7 Å². The largest absolute Gasteiger partial charge is 0.494 e. The van der Waals surface area contributed by atoms with Gasteiger partial charge in [-0.2, -0.15) is 13.5 Å². The summed E-state index contributed by atoms with van der Waals surface area (Å²) in [6, 6.07) is 8.15. The molecule has 1 N–H and O–H groups in total. The fraction of sp³-hybridized carbons (Fsp3) is 0.214. The van der Waals surface area contributed by atoms with Gasteiger partial charge in [0.15, 0.2) is 0 Å². The molecule has 5 nitrogen and oxygen atoms in total. The average Bonchev–Trinajstić information content (AvgIpc) is 2.85. The minimum atomic E-state index is -3.66. The maximum atomic E-state index is 12.1. The van der Waals surface area contributed by atoms with Crippen molar-refractivity contribution >= 4 is 27.6 Å². The SMILES string of the molecule is CCOc1ccc(S(=O)(=O)NN=Cc2sccc2C)cc1. The Kier molecular flexibility index (Phi) is 4.98. The second kappa shape index (κ2) is 6.73. The minimum absolute atomic E-state index is 0.144. The first-order valence-electron chi connectivity index (χ1n) is 6.35. The molecule has 112 valence electrons. The molecule has 1 aromatic carbocycles. The van der Waals surface area contributed by atoms with Crippen molar-refractivity contribution in [3.8, 4) is 5.75 Å². The van der Waals surface area contributed by atoms with Crippen LogP contribution in [0, 0.1) is 6.92 Å². The molecule has 2 rings (SSSR count). The zero-order valence-corrected chi connectivity index (χ0v) is 13.4. The third-order valence-corrected chi connectivity index (χ3v) is 4.89. The predicted octanol–water partition coefficient (Wildman–Crippen LogP) is 2.77. The molecule has 2 aromatic rings. The van der Waals surface area contributed by atoms with Crippen molar-refractivity contribution in [1.82, 2.24) is 4.83 Å². The van der Waals surface area contributed by atoms with Gasteiger partial charge in [0.25, 0.3) is 10.0 Å². The number of sulfonamides is 1. The standard InChI is InChI=1S/C14H16N2O3S2/c1-3-19-12-4-6-13(7-5-12)21(17,18)16-15-10-14-11(2)8-9-20-14/h4-10,16H,3H2,1-2H3. The van der Waals surface area contributed by atoms with Crippen LogP contribution in [-0.2, 0) is 10.0 Å². The number of hydrogen-bond donors (Lipinski definition) is 1. The van der Waals surface area contributed by atoms with Crippen LogP contribution < -0.4 is 9.57 Å². The molecule has 0 atom stereocenters. The van der Waals surface area contributed by atoms with Gasteiger partial charge in [-0.3, -0.25) is 0 Å².